The van der Waals surface area contributed by atoms with Crippen LogP contribution in [0, 0.1) is 17.0 Å². The van der Waals surface area contributed by atoms with Crippen molar-refractivity contribution in [2.45, 2.75) is 6.92 Å². The Hall–Kier alpha value is -4.96. The number of aromatic nitrogens is 4. The Labute approximate surface area is 214 Å². The van der Waals surface area contributed by atoms with Crippen LogP contribution in [0.15, 0.2) is 78.9 Å². The Kier molecular flexibility index (Phi) is 6.16. The highest BCUT2D eigenvalue weighted by molar-refractivity contribution is 6.33. The second kappa shape index (κ2) is 9.59. The van der Waals surface area contributed by atoms with Crippen molar-refractivity contribution in [3.63, 3.8) is 0 Å². The summed E-state index contributed by atoms with van der Waals surface area (Å²) in [6.45, 7) is 1.81. The summed E-state index contributed by atoms with van der Waals surface area (Å²) < 4.78 is 1.65. The normalized spacial score (nSPS) is 10.9. The van der Waals surface area contributed by atoms with Crippen molar-refractivity contribution in [1.82, 2.24) is 19.8 Å². The van der Waals surface area contributed by atoms with E-state index in [1.54, 1.807) is 28.8 Å². The van der Waals surface area contributed by atoms with Gasteiger partial charge in [-0.25, -0.2) is 0 Å². The van der Waals surface area contributed by atoms with E-state index >= 15 is 0 Å². The number of nitro benzene ring substituents is 1. The third-order valence-corrected chi connectivity index (χ3v) is 6.00. The Bertz CT molecular complexity index is 1700. The first-order chi connectivity index (χ1) is 17.8. The molecule has 0 bridgehead atoms. The molecule has 1 amide bonds. The zero-order valence-corrected chi connectivity index (χ0v) is 20.0. The maximum absolute atomic E-state index is 13.1. The first-order valence-corrected chi connectivity index (χ1v) is 11.4. The molecule has 0 saturated carbocycles. The van der Waals surface area contributed by atoms with Gasteiger partial charge in [0.2, 0.25) is 0 Å². The monoisotopic (exact) mass is 512 g/mol. The molecule has 10 nitrogen and oxygen atoms in total. The van der Waals surface area contributed by atoms with Crippen LogP contribution in [0.25, 0.3) is 16.9 Å². The molecule has 0 radical (unpaired) electrons. The van der Waals surface area contributed by atoms with E-state index in [0.717, 1.165) is 11.6 Å². The van der Waals surface area contributed by atoms with Crippen LogP contribution in [0.4, 0.5) is 11.4 Å². The fraction of sp³-hybridized carbons (Fsp3) is 0.0385. The second-order valence-corrected chi connectivity index (χ2v) is 8.47. The standard InChI is InChI=1S/C26H17ClN6O4/c1-15-29-30-24-13-12-22(31-32(15)24)16-6-9-18(10-7-16)28-26(35)20-5-3-2-4-19(20)25(34)17-8-11-21(27)23(14-17)33(36)37/h2-14H,1H3,(H,28,35). The largest absolute Gasteiger partial charge is 0.322 e. The van der Waals surface area contributed by atoms with Gasteiger partial charge in [0, 0.05) is 28.4 Å². The van der Waals surface area contributed by atoms with Crippen LogP contribution in [-0.4, -0.2) is 36.4 Å². The van der Waals surface area contributed by atoms with E-state index in [0.29, 0.717) is 22.9 Å². The number of carbonyl (C=O) groups is 2. The minimum absolute atomic E-state index is 0.0495. The Balaban J connectivity index is 1.38. The Morgan fingerprint density at radius 2 is 1.68 bits per heavy atom. The number of nitrogens with one attached hydrogen (secondary N) is 1. The van der Waals surface area contributed by atoms with Crippen molar-refractivity contribution in [1.29, 1.82) is 0 Å². The first kappa shape index (κ1) is 23.8. The lowest BCUT2D eigenvalue weighted by Crippen LogP contribution is -2.17. The van der Waals surface area contributed by atoms with Crippen molar-refractivity contribution in [3.05, 3.63) is 117 Å². The van der Waals surface area contributed by atoms with Gasteiger partial charge in [0.25, 0.3) is 11.6 Å². The van der Waals surface area contributed by atoms with Crippen molar-refractivity contribution < 1.29 is 14.5 Å². The average Bonchev–Trinajstić information content (AvgIpc) is 3.28. The molecule has 3 aromatic carbocycles. The predicted octanol–water partition coefficient (Wildman–Crippen LogP) is 5.14. The molecule has 2 heterocycles. The summed E-state index contributed by atoms with van der Waals surface area (Å²) in [5.74, 6) is -0.367. The lowest BCUT2D eigenvalue weighted by molar-refractivity contribution is -0.384. The van der Waals surface area contributed by atoms with E-state index in [-0.39, 0.29) is 27.4 Å². The molecule has 5 aromatic rings. The number of nitro groups is 1. The molecule has 37 heavy (non-hydrogen) atoms. The van der Waals surface area contributed by atoms with Crippen molar-refractivity contribution in [2.75, 3.05) is 5.32 Å². The fourth-order valence-corrected chi connectivity index (χ4v) is 3.99. The number of aryl methyl sites for hydroxylation is 1. The number of fused-ring (bicyclic) bond motifs is 1. The summed E-state index contributed by atoms with van der Waals surface area (Å²) in [6, 6.07) is 20.8. The maximum Gasteiger partial charge on any atom is 0.288 e. The molecule has 11 heteroatoms. The fourth-order valence-electron chi connectivity index (χ4n) is 3.80. The number of halogens is 1. The zero-order valence-electron chi connectivity index (χ0n) is 19.3. The molecular formula is C26H17ClN6O4. The first-order valence-electron chi connectivity index (χ1n) is 11.0. The number of benzene rings is 3. The SMILES string of the molecule is Cc1nnc2ccc(-c3ccc(NC(=O)c4ccccc4C(=O)c4ccc(Cl)c([N+](=O)[O-])c4)cc3)nn12. The number of amides is 1. The smallest absolute Gasteiger partial charge is 0.288 e. The average molecular weight is 513 g/mol. The van der Waals surface area contributed by atoms with Gasteiger partial charge in [0.05, 0.1) is 16.2 Å². The third kappa shape index (κ3) is 4.65. The zero-order chi connectivity index (χ0) is 26.1. The summed E-state index contributed by atoms with van der Waals surface area (Å²) in [7, 11) is 0. The number of rotatable bonds is 6. The molecule has 182 valence electrons. The van der Waals surface area contributed by atoms with Crippen LogP contribution in [-0.2, 0) is 0 Å². The van der Waals surface area contributed by atoms with Gasteiger partial charge in [-0.2, -0.15) is 9.61 Å². The number of hydrogen-bond donors (Lipinski definition) is 1. The summed E-state index contributed by atoms with van der Waals surface area (Å²) in [6.07, 6.45) is 0. The Morgan fingerprint density at radius 1 is 0.946 bits per heavy atom. The molecule has 0 unspecified atom stereocenters. The lowest BCUT2D eigenvalue weighted by atomic mass is 9.97. The molecule has 0 spiro atoms. The minimum Gasteiger partial charge on any atom is -0.322 e. The quantitative estimate of drug-likeness (QED) is 0.189. The topological polar surface area (TPSA) is 132 Å². The number of anilines is 1. The second-order valence-electron chi connectivity index (χ2n) is 8.07. The molecule has 0 saturated heterocycles. The maximum atomic E-state index is 13.1. The van der Waals surface area contributed by atoms with Crippen molar-refractivity contribution in [2.24, 2.45) is 0 Å². The van der Waals surface area contributed by atoms with Gasteiger partial charge < -0.3 is 5.32 Å². The van der Waals surface area contributed by atoms with E-state index in [9.17, 15) is 19.7 Å². The van der Waals surface area contributed by atoms with E-state index in [1.165, 1.54) is 24.3 Å². The van der Waals surface area contributed by atoms with Crippen LogP contribution >= 0.6 is 11.6 Å². The molecular weight excluding hydrogens is 496 g/mol. The lowest BCUT2D eigenvalue weighted by Gasteiger charge is -2.11. The minimum atomic E-state index is -0.664. The van der Waals surface area contributed by atoms with Crippen LogP contribution in [0.1, 0.15) is 32.1 Å². The van der Waals surface area contributed by atoms with E-state index in [4.69, 9.17) is 11.6 Å². The molecule has 0 fully saturated rings. The van der Waals surface area contributed by atoms with Crippen LogP contribution in [0.2, 0.25) is 5.02 Å². The molecule has 0 aliphatic heterocycles. The van der Waals surface area contributed by atoms with Crippen LogP contribution in [0.5, 0.6) is 0 Å². The number of carbonyl (C=O) groups excluding carboxylic acids is 2. The molecule has 0 atom stereocenters. The van der Waals surface area contributed by atoms with Crippen molar-refractivity contribution in [3.8, 4) is 11.3 Å². The molecule has 2 aromatic heterocycles. The summed E-state index contributed by atoms with van der Waals surface area (Å²) in [5, 5.41) is 26.5. The van der Waals surface area contributed by atoms with Gasteiger partial charge in [-0.1, -0.05) is 41.9 Å². The van der Waals surface area contributed by atoms with Gasteiger partial charge in [-0.3, -0.25) is 19.7 Å². The van der Waals surface area contributed by atoms with Gasteiger partial charge in [0.15, 0.2) is 17.3 Å². The third-order valence-electron chi connectivity index (χ3n) is 5.68. The van der Waals surface area contributed by atoms with E-state index in [1.807, 2.05) is 31.2 Å². The highest BCUT2D eigenvalue weighted by Gasteiger charge is 2.21. The number of hydrogen-bond acceptors (Lipinski definition) is 7. The molecule has 5 rings (SSSR count). The molecule has 0 aliphatic carbocycles. The van der Waals surface area contributed by atoms with Gasteiger partial charge in [-0.15, -0.1) is 10.2 Å². The molecule has 0 aliphatic rings. The highest BCUT2D eigenvalue weighted by Crippen LogP contribution is 2.27. The summed E-state index contributed by atoms with van der Waals surface area (Å²) in [5.41, 5.74) is 2.59. The summed E-state index contributed by atoms with van der Waals surface area (Å²) >= 11 is 5.86. The van der Waals surface area contributed by atoms with Crippen molar-refractivity contribution >= 4 is 40.3 Å². The number of nitrogens with zero attached hydrogens (tertiary/aromatic N) is 5. The predicted molar refractivity (Wildman–Crippen MR) is 137 cm³/mol. The van der Waals surface area contributed by atoms with Gasteiger partial charge >= 0.3 is 0 Å². The van der Waals surface area contributed by atoms with Gasteiger partial charge in [-0.05, 0) is 49.4 Å². The Morgan fingerprint density at radius 3 is 2.41 bits per heavy atom. The van der Waals surface area contributed by atoms with Crippen LogP contribution in [0.3, 0.4) is 0 Å². The number of ketones is 1. The van der Waals surface area contributed by atoms with Gasteiger partial charge in [0.1, 0.15) is 5.02 Å². The molecule has 1 N–H and O–H groups in total. The van der Waals surface area contributed by atoms with Crippen LogP contribution < -0.4 is 5.32 Å². The highest BCUT2D eigenvalue weighted by atomic mass is 35.5. The van der Waals surface area contributed by atoms with E-state index < -0.39 is 16.6 Å². The summed E-state index contributed by atoms with van der Waals surface area (Å²) in [4.78, 5) is 36.8. The van der Waals surface area contributed by atoms with E-state index in [2.05, 4.69) is 20.6 Å².